The lowest BCUT2D eigenvalue weighted by Gasteiger charge is -2.00. The average Bonchev–Trinajstić information content (AvgIpc) is 2.05. The highest BCUT2D eigenvalue weighted by molar-refractivity contribution is 9.08. The summed E-state index contributed by atoms with van der Waals surface area (Å²) >= 11 is 3.32. The third-order valence-corrected chi connectivity index (χ3v) is 2.29. The van der Waals surface area contributed by atoms with Gasteiger partial charge in [-0.1, -0.05) is 35.0 Å². The normalized spacial score (nSPS) is 10.1. The van der Waals surface area contributed by atoms with Gasteiger partial charge in [-0.05, 0) is 23.6 Å². The molecule has 1 aromatic rings. The fraction of sp³-hybridized carbons (Fsp3) is 0.333. The lowest BCUT2D eigenvalue weighted by molar-refractivity contribution is 0.611. The molecule has 0 unspecified atom stereocenters. The Morgan fingerprint density at radius 1 is 1.45 bits per heavy atom. The molecule has 11 heavy (non-hydrogen) atoms. The predicted molar refractivity (Wildman–Crippen MR) is 48.4 cm³/mol. The van der Waals surface area contributed by atoms with Gasteiger partial charge >= 0.3 is 0 Å². The van der Waals surface area contributed by atoms with Gasteiger partial charge < -0.3 is 0 Å². The van der Waals surface area contributed by atoms with Crippen LogP contribution in [0.5, 0.6) is 0 Å². The molecule has 0 amide bonds. The zero-order chi connectivity index (χ0) is 8.27. The van der Waals surface area contributed by atoms with Crippen LogP contribution in [-0.2, 0) is 11.8 Å². The molecule has 0 saturated carbocycles. The maximum atomic E-state index is 12.9. The number of alkyl halides is 1. The van der Waals surface area contributed by atoms with Gasteiger partial charge in [-0.15, -0.1) is 0 Å². The minimum atomic E-state index is -0.0998. The molecule has 0 saturated heterocycles. The van der Waals surface area contributed by atoms with E-state index in [-0.39, 0.29) is 5.82 Å². The topological polar surface area (TPSA) is 0 Å². The molecule has 0 fully saturated rings. The maximum absolute atomic E-state index is 12.9. The van der Waals surface area contributed by atoms with Crippen molar-refractivity contribution in [2.24, 2.45) is 0 Å². The van der Waals surface area contributed by atoms with Crippen molar-refractivity contribution in [2.45, 2.75) is 18.7 Å². The summed E-state index contributed by atoms with van der Waals surface area (Å²) in [6.45, 7) is 1.95. The lowest BCUT2D eigenvalue weighted by Crippen LogP contribution is -1.89. The van der Waals surface area contributed by atoms with E-state index >= 15 is 0 Å². The Morgan fingerprint density at radius 2 is 2.18 bits per heavy atom. The van der Waals surface area contributed by atoms with Gasteiger partial charge in [-0.25, -0.2) is 4.39 Å². The first-order valence-electron chi connectivity index (χ1n) is 3.61. The van der Waals surface area contributed by atoms with Gasteiger partial charge in [0.25, 0.3) is 0 Å². The van der Waals surface area contributed by atoms with E-state index in [1.807, 2.05) is 13.0 Å². The number of halogens is 2. The van der Waals surface area contributed by atoms with E-state index in [2.05, 4.69) is 15.9 Å². The van der Waals surface area contributed by atoms with Crippen molar-refractivity contribution >= 4 is 15.9 Å². The number of rotatable bonds is 2. The van der Waals surface area contributed by atoms with Crippen LogP contribution < -0.4 is 0 Å². The molecule has 0 aliphatic rings. The highest BCUT2D eigenvalue weighted by atomic mass is 79.9. The van der Waals surface area contributed by atoms with Crippen molar-refractivity contribution in [1.29, 1.82) is 0 Å². The molecule has 0 atom stereocenters. The van der Waals surface area contributed by atoms with Crippen molar-refractivity contribution < 1.29 is 4.39 Å². The van der Waals surface area contributed by atoms with Gasteiger partial charge in [0.15, 0.2) is 0 Å². The summed E-state index contributed by atoms with van der Waals surface area (Å²) in [7, 11) is 0. The van der Waals surface area contributed by atoms with E-state index in [1.54, 1.807) is 6.07 Å². The summed E-state index contributed by atoms with van der Waals surface area (Å²) in [5, 5.41) is 0.792. The van der Waals surface area contributed by atoms with Crippen LogP contribution in [0, 0.1) is 5.82 Å². The van der Waals surface area contributed by atoms with Gasteiger partial charge in [-0.3, -0.25) is 0 Å². The molecule has 1 rings (SSSR count). The first kappa shape index (κ1) is 8.72. The summed E-state index contributed by atoms with van der Waals surface area (Å²) in [5.41, 5.74) is 1.92. The Balaban J connectivity index is 3.02. The van der Waals surface area contributed by atoms with Crippen LogP contribution in [0.15, 0.2) is 18.2 Å². The highest BCUT2D eigenvalue weighted by Crippen LogP contribution is 2.13. The Hall–Kier alpha value is -0.370. The molecule has 2 heteroatoms. The van der Waals surface area contributed by atoms with Gasteiger partial charge in [0.2, 0.25) is 0 Å². The maximum Gasteiger partial charge on any atom is 0.126 e. The number of hydrogen-bond donors (Lipinski definition) is 0. The van der Waals surface area contributed by atoms with Crippen molar-refractivity contribution in [2.75, 3.05) is 0 Å². The second-order valence-corrected chi connectivity index (χ2v) is 2.97. The molecule has 0 nitrogen and oxygen atoms in total. The first-order chi connectivity index (χ1) is 5.27. The molecule has 0 aromatic heterocycles. The quantitative estimate of drug-likeness (QED) is 0.667. The van der Waals surface area contributed by atoms with Crippen molar-refractivity contribution in [1.82, 2.24) is 0 Å². The van der Waals surface area contributed by atoms with Crippen LogP contribution in [0.1, 0.15) is 18.1 Å². The standard InChI is InChI=1S/C9H10BrF/c1-2-8-5-7(6-10)3-4-9(8)11/h3-5H,2,6H2,1H3. The van der Waals surface area contributed by atoms with Crippen LogP contribution in [0.2, 0.25) is 0 Å². The van der Waals surface area contributed by atoms with E-state index in [4.69, 9.17) is 0 Å². The summed E-state index contributed by atoms with van der Waals surface area (Å²) in [6, 6.07) is 5.21. The summed E-state index contributed by atoms with van der Waals surface area (Å²) in [5.74, 6) is -0.0998. The van der Waals surface area contributed by atoms with Crippen LogP contribution >= 0.6 is 15.9 Å². The van der Waals surface area contributed by atoms with Crippen LogP contribution in [-0.4, -0.2) is 0 Å². The van der Waals surface area contributed by atoms with E-state index in [1.165, 1.54) is 6.07 Å². The molecule has 0 aliphatic heterocycles. The smallest absolute Gasteiger partial charge is 0.126 e. The Labute approximate surface area is 74.6 Å². The van der Waals surface area contributed by atoms with E-state index in [0.29, 0.717) is 0 Å². The third-order valence-electron chi connectivity index (χ3n) is 1.65. The molecule has 0 radical (unpaired) electrons. The molecular formula is C9H10BrF. The first-order valence-corrected chi connectivity index (χ1v) is 4.73. The molecule has 0 spiro atoms. The Bertz CT molecular complexity index is 245. The summed E-state index contributed by atoms with van der Waals surface area (Å²) in [4.78, 5) is 0. The number of benzene rings is 1. The Morgan fingerprint density at radius 3 is 2.73 bits per heavy atom. The third kappa shape index (κ3) is 2.03. The van der Waals surface area contributed by atoms with E-state index in [9.17, 15) is 4.39 Å². The van der Waals surface area contributed by atoms with E-state index < -0.39 is 0 Å². The van der Waals surface area contributed by atoms with Crippen LogP contribution in [0.3, 0.4) is 0 Å². The van der Waals surface area contributed by atoms with Crippen molar-refractivity contribution in [3.05, 3.63) is 35.1 Å². The van der Waals surface area contributed by atoms with Gasteiger partial charge in [0.1, 0.15) is 5.82 Å². The van der Waals surface area contributed by atoms with Gasteiger partial charge in [0, 0.05) is 5.33 Å². The highest BCUT2D eigenvalue weighted by Gasteiger charge is 1.99. The van der Waals surface area contributed by atoms with Gasteiger partial charge in [-0.2, -0.15) is 0 Å². The predicted octanol–water partition coefficient (Wildman–Crippen LogP) is 3.28. The van der Waals surface area contributed by atoms with E-state index in [0.717, 1.165) is 22.9 Å². The molecule has 0 aliphatic carbocycles. The SMILES string of the molecule is CCc1cc(CBr)ccc1F. The number of aryl methyl sites for hydroxylation is 1. The fourth-order valence-corrected chi connectivity index (χ4v) is 1.33. The largest absolute Gasteiger partial charge is 0.207 e. The molecule has 1 aromatic carbocycles. The van der Waals surface area contributed by atoms with Gasteiger partial charge in [0.05, 0.1) is 0 Å². The van der Waals surface area contributed by atoms with Crippen molar-refractivity contribution in [3.63, 3.8) is 0 Å². The molecule has 0 heterocycles. The molecule has 60 valence electrons. The lowest BCUT2D eigenvalue weighted by atomic mass is 10.1. The Kier molecular flexibility index (Phi) is 3.06. The average molecular weight is 217 g/mol. The zero-order valence-electron chi connectivity index (χ0n) is 6.40. The molecule has 0 N–H and O–H groups in total. The monoisotopic (exact) mass is 216 g/mol. The minimum Gasteiger partial charge on any atom is -0.207 e. The van der Waals surface area contributed by atoms with Crippen LogP contribution in [0.4, 0.5) is 4.39 Å². The minimum absolute atomic E-state index is 0.0998. The second kappa shape index (κ2) is 3.86. The summed E-state index contributed by atoms with van der Waals surface area (Å²) < 4.78 is 12.9. The summed E-state index contributed by atoms with van der Waals surface area (Å²) in [6.07, 6.45) is 0.757. The van der Waals surface area contributed by atoms with Crippen LogP contribution in [0.25, 0.3) is 0 Å². The molecular weight excluding hydrogens is 207 g/mol. The molecule has 0 bridgehead atoms. The second-order valence-electron chi connectivity index (χ2n) is 2.41. The fourth-order valence-electron chi connectivity index (χ4n) is 0.982. The number of hydrogen-bond acceptors (Lipinski definition) is 0. The van der Waals surface area contributed by atoms with Crippen molar-refractivity contribution in [3.8, 4) is 0 Å². The zero-order valence-corrected chi connectivity index (χ0v) is 7.99.